The zero-order chi connectivity index (χ0) is 15.8. The number of hydrogen-bond acceptors (Lipinski definition) is 4. The molecule has 0 aliphatic rings. The summed E-state index contributed by atoms with van der Waals surface area (Å²) in [5.74, 6) is 0.0163. The van der Waals surface area contributed by atoms with Crippen LogP contribution in [0.2, 0.25) is 0 Å². The lowest BCUT2D eigenvalue weighted by Crippen LogP contribution is -2.31. The molecular weight excluding hydrogens is 301 g/mol. The second kappa shape index (κ2) is 8.37. The predicted octanol–water partition coefficient (Wildman–Crippen LogP) is 3.18. The maximum Gasteiger partial charge on any atom is 0.323 e. The summed E-state index contributed by atoms with van der Waals surface area (Å²) in [6.45, 7) is 1.77. The van der Waals surface area contributed by atoms with Crippen LogP contribution < -0.4 is 9.61 Å². The molecule has 0 aromatic heterocycles. The number of para-hydroxylation sites is 1. The van der Waals surface area contributed by atoms with E-state index in [1.807, 2.05) is 36.4 Å². The molecule has 1 N–H and O–H groups in total. The van der Waals surface area contributed by atoms with Gasteiger partial charge in [-0.2, -0.15) is 0 Å². The van der Waals surface area contributed by atoms with Crippen LogP contribution in [0.4, 0.5) is 0 Å². The van der Waals surface area contributed by atoms with Crippen LogP contribution in [0.5, 0.6) is 5.75 Å². The number of ether oxygens (including phenoxy) is 1. The van der Waals surface area contributed by atoms with E-state index in [0.29, 0.717) is 5.75 Å². The SMILES string of the molecule is C[C@H](N[PH](=O)Oc1ccccc1)C(=O)OCc1ccccc1. The average Bonchev–Trinajstić information content (AvgIpc) is 2.54. The highest BCUT2D eigenvalue weighted by atomic mass is 31.1. The number of rotatable bonds is 7. The van der Waals surface area contributed by atoms with Gasteiger partial charge in [-0.3, -0.25) is 9.36 Å². The zero-order valence-electron chi connectivity index (χ0n) is 12.2. The largest absolute Gasteiger partial charge is 0.460 e. The minimum Gasteiger partial charge on any atom is -0.460 e. The van der Waals surface area contributed by atoms with Gasteiger partial charge < -0.3 is 9.26 Å². The zero-order valence-corrected chi connectivity index (χ0v) is 13.2. The molecule has 0 bridgehead atoms. The first-order valence-electron chi connectivity index (χ1n) is 6.89. The molecule has 0 aliphatic carbocycles. The van der Waals surface area contributed by atoms with Crippen LogP contribution in [0.25, 0.3) is 0 Å². The van der Waals surface area contributed by atoms with Crippen molar-refractivity contribution in [1.82, 2.24) is 5.09 Å². The quantitative estimate of drug-likeness (QED) is 0.627. The van der Waals surface area contributed by atoms with Gasteiger partial charge in [-0.15, -0.1) is 0 Å². The smallest absolute Gasteiger partial charge is 0.323 e. The predicted molar refractivity (Wildman–Crippen MR) is 84.9 cm³/mol. The summed E-state index contributed by atoms with van der Waals surface area (Å²) in [5.41, 5.74) is 0.899. The van der Waals surface area contributed by atoms with Crippen LogP contribution in [-0.2, 0) is 20.7 Å². The van der Waals surface area contributed by atoms with Crippen LogP contribution in [0.3, 0.4) is 0 Å². The summed E-state index contributed by atoms with van der Waals surface area (Å²) in [6, 6.07) is 17.5. The first-order valence-corrected chi connectivity index (χ1v) is 8.21. The van der Waals surface area contributed by atoms with Gasteiger partial charge in [0.15, 0.2) is 0 Å². The molecule has 0 spiro atoms. The molecule has 0 amide bonds. The van der Waals surface area contributed by atoms with Crippen molar-refractivity contribution >= 4 is 14.1 Å². The van der Waals surface area contributed by atoms with E-state index in [2.05, 4.69) is 5.09 Å². The van der Waals surface area contributed by atoms with Gasteiger partial charge in [0.05, 0.1) is 0 Å². The van der Waals surface area contributed by atoms with Crippen LogP contribution in [0.15, 0.2) is 60.7 Å². The number of carbonyl (C=O) groups is 1. The molecule has 2 rings (SSSR count). The highest BCUT2D eigenvalue weighted by Crippen LogP contribution is 2.23. The summed E-state index contributed by atoms with van der Waals surface area (Å²) < 4.78 is 22.2. The Kier molecular flexibility index (Phi) is 6.19. The van der Waals surface area contributed by atoms with Crippen molar-refractivity contribution in [2.45, 2.75) is 19.6 Å². The van der Waals surface area contributed by atoms with Gasteiger partial charge in [0.2, 0.25) is 0 Å². The van der Waals surface area contributed by atoms with E-state index < -0.39 is 20.2 Å². The second-order valence-corrected chi connectivity index (χ2v) is 5.73. The van der Waals surface area contributed by atoms with Gasteiger partial charge in [0.25, 0.3) is 0 Å². The molecule has 0 aliphatic heterocycles. The fraction of sp³-hybridized carbons (Fsp3) is 0.188. The molecule has 0 fully saturated rings. The first kappa shape index (κ1) is 16.3. The summed E-state index contributed by atoms with van der Waals surface area (Å²) in [6.07, 6.45) is 0. The van der Waals surface area contributed by atoms with E-state index in [-0.39, 0.29) is 6.61 Å². The number of esters is 1. The van der Waals surface area contributed by atoms with E-state index in [1.54, 1.807) is 31.2 Å². The maximum absolute atomic E-state index is 11.8. The van der Waals surface area contributed by atoms with E-state index in [4.69, 9.17) is 9.26 Å². The Labute approximate surface area is 130 Å². The maximum atomic E-state index is 11.8. The van der Waals surface area contributed by atoms with Crippen LogP contribution >= 0.6 is 8.18 Å². The normalized spacial score (nSPS) is 13.1. The third-order valence-corrected chi connectivity index (χ3v) is 3.96. The molecule has 0 saturated carbocycles. The lowest BCUT2D eigenvalue weighted by Gasteiger charge is -2.13. The lowest BCUT2D eigenvalue weighted by molar-refractivity contribution is -0.146. The van der Waals surface area contributed by atoms with Crippen molar-refractivity contribution in [3.05, 3.63) is 66.2 Å². The van der Waals surface area contributed by atoms with E-state index in [9.17, 15) is 9.36 Å². The molecule has 0 heterocycles. The molecule has 2 aromatic rings. The summed E-state index contributed by atoms with van der Waals surface area (Å²) in [7, 11) is -2.57. The van der Waals surface area contributed by atoms with Crippen molar-refractivity contribution in [1.29, 1.82) is 0 Å². The van der Waals surface area contributed by atoms with Crippen LogP contribution in [0.1, 0.15) is 12.5 Å². The van der Waals surface area contributed by atoms with Crippen molar-refractivity contribution in [3.63, 3.8) is 0 Å². The Balaban J connectivity index is 1.77. The van der Waals surface area contributed by atoms with Gasteiger partial charge in [-0.05, 0) is 24.6 Å². The van der Waals surface area contributed by atoms with Gasteiger partial charge >= 0.3 is 14.1 Å². The van der Waals surface area contributed by atoms with Crippen LogP contribution in [0, 0.1) is 0 Å². The molecule has 6 heteroatoms. The fourth-order valence-electron chi connectivity index (χ4n) is 1.71. The Bertz CT molecular complexity index is 619. The molecular formula is C16H18NO4P. The second-order valence-electron chi connectivity index (χ2n) is 4.66. The Morgan fingerprint density at radius 1 is 1.09 bits per heavy atom. The molecule has 22 heavy (non-hydrogen) atoms. The summed E-state index contributed by atoms with van der Waals surface area (Å²) in [5, 5.41) is 2.61. The third kappa shape index (κ3) is 5.35. The topological polar surface area (TPSA) is 64.6 Å². The lowest BCUT2D eigenvalue weighted by atomic mass is 10.2. The molecule has 2 atom stereocenters. The first-order chi connectivity index (χ1) is 10.6. The molecule has 1 unspecified atom stereocenters. The van der Waals surface area contributed by atoms with Gasteiger partial charge in [-0.1, -0.05) is 48.5 Å². The third-order valence-electron chi connectivity index (χ3n) is 2.87. The fourth-order valence-corrected chi connectivity index (χ4v) is 2.59. The molecule has 0 radical (unpaired) electrons. The standard InChI is InChI=1S/C16H18NO4P/c1-13(16(18)20-12-14-8-4-2-5-9-14)17-22(19)21-15-10-6-3-7-11-15/h2-11,13,22H,12H2,1H3,(H,17,19)/t13-/m0/s1. The average molecular weight is 319 g/mol. The van der Waals surface area contributed by atoms with Crippen molar-refractivity contribution < 1.29 is 18.6 Å². The van der Waals surface area contributed by atoms with Crippen molar-refractivity contribution in [2.24, 2.45) is 0 Å². The molecule has 0 saturated heterocycles. The van der Waals surface area contributed by atoms with Gasteiger partial charge in [-0.25, -0.2) is 5.09 Å². The van der Waals surface area contributed by atoms with Crippen molar-refractivity contribution in [3.8, 4) is 5.75 Å². The minimum atomic E-state index is -2.57. The number of hydrogen-bond donors (Lipinski definition) is 1. The summed E-state index contributed by atoms with van der Waals surface area (Å²) in [4.78, 5) is 11.8. The number of carbonyl (C=O) groups excluding carboxylic acids is 1. The van der Waals surface area contributed by atoms with Crippen LogP contribution in [-0.4, -0.2) is 12.0 Å². The van der Waals surface area contributed by atoms with Crippen molar-refractivity contribution in [2.75, 3.05) is 0 Å². The van der Waals surface area contributed by atoms with E-state index >= 15 is 0 Å². The Morgan fingerprint density at radius 3 is 2.32 bits per heavy atom. The monoisotopic (exact) mass is 319 g/mol. The van der Waals surface area contributed by atoms with Gasteiger partial charge in [0.1, 0.15) is 18.4 Å². The highest BCUT2D eigenvalue weighted by Gasteiger charge is 2.17. The molecule has 2 aromatic carbocycles. The molecule has 116 valence electrons. The summed E-state index contributed by atoms with van der Waals surface area (Å²) >= 11 is 0. The Hall–Kier alpha value is -2.10. The van der Waals surface area contributed by atoms with E-state index in [1.165, 1.54) is 0 Å². The minimum absolute atomic E-state index is 0.187. The van der Waals surface area contributed by atoms with E-state index in [0.717, 1.165) is 5.56 Å². The Morgan fingerprint density at radius 2 is 1.68 bits per heavy atom. The highest BCUT2D eigenvalue weighted by molar-refractivity contribution is 7.37. The molecule has 5 nitrogen and oxygen atoms in total. The number of nitrogens with one attached hydrogen (secondary N) is 1. The number of benzene rings is 2. The van der Waals surface area contributed by atoms with Gasteiger partial charge in [0, 0.05) is 0 Å².